The number of anilines is 1. The Bertz CT molecular complexity index is 1770. The average Bonchev–Trinajstić information content (AvgIpc) is 3.24. The summed E-state index contributed by atoms with van der Waals surface area (Å²) in [6, 6.07) is 13.7. The summed E-state index contributed by atoms with van der Waals surface area (Å²) < 4.78 is 19.3. The molecule has 1 aromatic heterocycles. The number of ether oxygens (including phenoxy) is 3. The van der Waals surface area contributed by atoms with Gasteiger partial charge in [0.15, 0.2) is 11.5 Å². The smallest absolute Gasteiger partial charge is 0.329 e. The van der Waals surface area contributed by atoms with E-state index >= 15 is 0 Å². The van der Waals surface area contributed by atoms with E-state index in [-0.39, 0.29) is 23.2 Å². The Hall–Kier alpha value is -3.98. The van der Waals surface area contributed by atoms with Gasteiger partial charge in [-0.25, -0.2) is 4.79 Å². The molecule has 1 saturated carbocycles. The molecule has 1 spiro atoms. The lowest BCUT2D eigenvalue weighted by Gasteiger charge is -2.47. The number of pyridine rings is 1. The number of carboxylic acid groups (broad SMARTS) is 1. The van der Waals surface area contributed by atoms with Crippen molar-refractivity contribution in [1.82, 2.24) is 9.88 Å². The fourth-order valence-corrected chi connectivity index (χ4v) is 9.27. The summed E-state index contributed by atoms with van der Waals surface area (Å²) in [7, 11) is 1.80. The number of carboxylic acids is 1. The number of halogens is 1. The third-order valence-corrected chi connectivity index (χ3v) is 12.2. The van der Waals surface area contributed by atoms with Gasteiger partial charge in [-0.05, 0) is 129 Å². The third-order valence-electron chi connectivity index (χ3n) is 12.0. The predicted molar refractivity (Wildman–Crippen MR) is 197 cm³/mol. The number of benzene rings is 2. The minimum Gasteiger partial charge on any atom is -0.493 e. The Morgan fingerprint density at radius 1 is 1.08 bits per heavy atom. The molecule has 2 aromatic carbocycles. The number of aryl methyl sites for hydroxylation is 1. The second kappa shape index (κ2) is 14.6. The van der Waals surface area contributed by atoms with Crippen LogP contribution in [0.5, 0.6) is 17.2 Å². The molecule has 1 fully saturated rings. The van der Waals surface area contributed by atoms with Crippen molar-refractivity contribution >= 4 is 29.2 Å². The van der Waals surface area contributed by atoms with Crippen molar-refractivity contribution in [3.8, 4) is 17.2 Å². The van der Waals surface area contributed by atoms with Crippen molar-refractivity contribution in [3.05, 3.63) is 76.1 Å². The number of fused-ring (bicyclic) bond motifs is 4. The normalized spacial score (nSPS) is 25.6. The van der Waals surface area contributed by atoms with Gasteiger partial charge in [-0.2, -0.15) is 0 Å². The zero-order valence-electron chi connectivity index (χ0n) is 30.0. The number of carbonyl (C=O) groups excluding carboxylic acids is 1. The fourth-order valence-electron chi connectivity index (χ4n) is 9.08. The Morgan fingerprint density at radius 2 is 1.82 bits per heavy atom. The highest BCUT2D eigenvalue weighted by molar-refractivity contribution is 6.30. The maximum Gasteiger partial charge on any atom is 0.329 e. The van der Waals surface area contributed by atoms with Gasteiger partial charge in [-0.1, -0.05) is 24.6 Å². The molecule has 0 saturated heterocycles. The second-order valence-electron chi connectivity index (χ2n) is 15.5. The number of nitrogens with one attached hydrogen (secondary N) is 1. The quantitative estimate of drug-likeness (QED) is 0.222. The number of hydrogen-bond acceptors (Lipinski definition) is 7. The van der Waals surface area contributed by atoms with Gasteiger partial charge in [0.2, 0.25) is 5.91 Å². The predicted octanol–water partition coefficient (Wildman–Crippen LogP) is 7.50. The van der Waals surface area contributed by atoms with Crippen LogP contribution in [0.1, 0.15) is 81.2 Å². The SMILES string of the molecule is CC(=O)N(C)CC1COc2cc3c(cc2OC1)C1(CCC(Nc2cccc(Cl)c2)(C(=O)O)CC1)C(C[C@@H](C)COc1ccnc2c1CCCC2)C3. The Labute approximate surface area is 306 Å². The first-order chi connectivity index (χ1) is 24.5. The molecule has 51 heavy (non-hydrogen) atoms. The molecule has 3 atom stereocenters. The van der Waals surface area contributed by atoms with Gasteiger partial charge in [0.05, 0.1) is 19.8 Å². The molecule has 4 aliphatic rings. The number of nitrogens with zero attached hydrogens (tertiary/aromatic N) is 2. The van der Waals surface area contributed by atoms with E-state index in [0.717, 1.165) is 55.8 Å². The Balaban J connectivity index is 1.14. The molecule has 2 N–H and O–H groups in total. The van der Waals surface area contributed by atoms with Gasteiger partial charge >= 0.3 is 5.97 Å². The standard InChI is InChI=1S/C41H50ClN3O6/c1-26(23-49-36-11-16-43-35-10-5-4-9-33(35)36)17-30-18-29-19-37-38(51-25-28(24-50-37)22-45(3)27(2)46)21-34(29)40(30)12-14-41(15-13-40,39(47)48)44-32-8-6-7-31(42)20-32/h6-8,11,16,19-21,26,28,30,44H,4-5,9-10,12-15,17-18,22-25H2,1-3H3,(H,47,48)/t26-,28?,30?,40?,41?/m1/s1. The number of rotatable bonds is 10. The van der Waals surface area contributed by atoms with Crippen LogP contribution in [0.3, 0.4) is 0 Å². The largest absolute Gasteiger partial charge is 0.493 e. The van der Waals surface area contributed by atoms with Crippen molar-refractivity contribution < 1.29 is 28.9 Å². The molecule has 0 radical (unpaired) electrons. The average molecular weight is 716 g/mol. The van der Waals surface area contributed by atoms with Gasteiger partial charge in [-0.3, -0.25) is 9.78 Å². The summed E-state index contributed by atoms with van der Waals surface area (Å²) in [6.45, 7) is 5.96. The molecule has 2 unspecified atom stereocenters. The molecule has 2 heterocycles. The van der Waals surface area contributed by atoms with Crippen LogP contribution in [-0.2, 0) is 34.3 Å². The first-order valence-electron chi connectivity index (χ1n) is 18.6. The van der Waals surface area contributed by atoms with E-state index in [9.17, 15) is 14.7 Å². The van der Waals surface area contributed by atoms with Crippen LogP contribution in [0.15, 0.2) is 48.7 Å². The molecule has 7 rings (SSSR count). The lowest BCUT2D eigenvalue weighted by molar-refractivity contribution is -0.144. The fraction of sp³-hybridized carbons (Fsp3) is 0.537. The number of hydrogen-bond donors (Lipinski definition) is 2. The van der Waals surface area contributed by atoms with Crippen LogP contribution in [-0.4, -0.2) is 65.8 Å². The minimum atomic E-state index is -1.10. The van der Waals surface area contributed by atoms with Crippen molar-refractivity contribution in [2.75, 3.05) is 38.7 Å². The van der Waals surface area contributed by atoms with Crippen LogP contribution < -0.4 is 19.5 Å². The zero-order valence-corrected chi connectivity index (χ0v) is 30.8. The van der Waals surface area contributed by atoms with E-state index < -0.39 is 11.5 Å². The highest BCUT2D eigenvalue weighted by atomic mass is 35.5. The number of aliphatic carboxylic acids is 1. The lowest BCUT2D eigenvalue weighted by atomic mass is 9.59. The van der Waals surface area contributed by atoms with Crippen molar-refractivity contribution in [2.24, 2.45) is 17.8 Å². The van der Waals surface area contributed by atoms with E-state index in [1.807, 2.05) is 24.4 Å². The first kappa shape index (κ1) is 35.4. The molecule has 3 aliphatic carbocycles. The molecule has 3 aromatic rings. The van der Waals surface area contributed by atoms with E-state index in [1.165, 1.54) is 35.2 Å². The van der Waals surface area contributed by atoms with Crippen LogP contribution in [0, 0.1) is 17.8 Å². The maximum absolute atomic E-state index is 13.0. The van der Waals surface area contributed by atoms with Gasteiger partial charge in [-0.15, -0.1) is 0 Å². The molecule has 1 amide bonds. The lowest BCUT2D eigenvalue weighted by Crippen LogP contribution is -2.53. The summed E-state index contributed by atoms with van der Waals surface area (Å²) in [6.07, 6.45) is 10.5. The maximum atomic E-state index is 13.0. The minimum absolute atomic E-state index is 0.0167. The van der Waals surface area contributed by atoms with Crippen molar-refractivity contribution in [3.63, 3.8) is 0 Å². The van der Waals surface area contributed by atoms with Crippen LogP contribution >= 0.6 is 11.6 Å². The highest BCUT2D eigenvalue weighted by Crippen LogP contribution is 2.58. The van der Waals surface area contributed by atoms with Crippen LogP contribution in [0.25, 0.3) is 0 Å². The van der Waals surface area contributed by atoms with Crippen LogP contribution in [0.4, 0.5) is 5.69 Å². The van der Waals surface area contributed by atoms with Gasteiger partial charge in [0, 0.05) is 54.6 Å². The molecular weight excluding hydrogens is 666 g/mol. The number of carbonyl (C=O) groups is 2. The summed E-state index contributed by atoms with van der Waals surface area (Å²) >= 11 is 6.29. The molecule has 10 heteroatoms. The zero-order chi connectivity index (χ0) is 35.8. The monoisotopic (exact) mass is 715 g/mol. The summed E-state index contributed by atoms with van der Waals surface area (Å²) in [5.74, 6) is 2.27. The third kappa shape index (κ3) is 7.24. The topological polar surface area (TPSA) is 110 Å². The highest BCUT2D eigenvalue weighted by Gasteiger charge is 2.54. The van der Waals surface area contributed by atoms with E-state index in [4.69, 9.17) is 25.8 Å². The van der Waals surface area contributed by atoms with Gasteiger partial charge in [0.1, 0.15) is 11.3 Å². The Kier molecular flexibility index (Phi) is 10.1. The van der Waals surface area contributed by atoms with Crippen molar-refractivity contribution in [1.29, 1.82) is 0 Å². The molecular formula is C41H50ClN3O6. The first-order valence-corrected chi connectivity index (χ1v) is 18.9. The van der Waals surface area contributed by atoms with Crippen LogP contribution in [0.2, 0.25) is 5.02 Å². The molecule has 9 nitrogen and oxygen atoms in total. The molecule has 1 aliphatic heterocycles. The van der Waals surface area contributed by atoms with E-state index in [1.54, 1.807) is 31.0 Å². The number of aromatic nitrogens is 1. The Morgan fingerprint density at radius 3 is 2.55 bits per heavy atom. The van der Waals surface area contributed by atoms with Crippen molar-refractivity contribution in [2.45, 2.75) is 89.0 Å². The summed E-state index contributed by atoms with van der Waals surface area (Å²) in [4.78, 5) is 31.2. The molecule has 0 bridgehead atoms. The second-order valence-corrected chi connectivity index (χ2v) is 16.0. The van der Waals surface area contributed by atoms with Gasteiger partial charge < -0.3 is 29.5 Å². The number of amides is 1. The van der Waals surface area contributed by atoms with Gasteiger partial charge in [0.25, 0.3) is 0 Å². The summed E-state index contributed by atoms with van der Waals surface area (Å²) in [5, 5.41) is 14.6. The summed E-state index contributed by atoms with van der Waals surface area (Å²) in [5.41, 5.74) is 4.35. The molecule has 272 valence electrons. The van der Waals surface area contributed by atoms with E-state index in [2.05, 4.69) is 29.4 Å². The van der Waals surface area contributed by atoms with E-state index in [0.29, 0.717) is 55.8 Å².